The molecule has 2 aromatic rings. The van der Waals surface area contributed by atoms with E-state index in [9.17, 15) is 9.18 Å². The molecule has 132 valence electrons. The number of aromatic nitrogens is 3. The van der Waals surface area contributed by atoms with Crippen LogP contribution in [0, 0.1) is 5.82 Å². The lowest BCUT2D eigenvalue weighted by atomic mass is 10.0. The van der Waals surface area contributed by atoms with Crippen LogP contribution in [0.5, 0.6) is 0 Å². The molecule has 0 atom stereocenters. The van der Waals surface area contributed by atoms with Crippen LogP contribution in [0.4, 0.5) is 4.39 Å². The Morgan fingerprint density at radius 2 is 2.20 bits per heavy atom. The van der Waals surface area contributed by atoms with Crippen molar-refractivity contribution >= 4 is 17.7 Å². The lowest BCUT2D eigenvalue weighted by molar-refractivity contribution is -0.126. The fraction of sp³-hybridized carbons (Fsp3) is 0.389. The van der Waals surface area contributed by atoms with Crippen LogP contribution in [-0.4, -0.2) is 38.3 Å². The van der Waals surface area contributed by atoms with Gasteiger partial charge in [-0.1, -0.05) is 30.0 Å². The summed E-state index contributed by atoms with van der Waals surface area (Å²) in [5.41, 5.74) is 1.50. The van der Waals surface area contributed by atoms with E-state index in [1.807, 2.05) is 11.8 Å². The number of nitrogens with one attached hydrogen (secondary N) is 1. The summed E-state index contributed by atoms with van der Waals surface area (Å²) in [5, 5.41) is 7.26. The predicted octanol–water partition coefficient (Wildman–Crippen LogP) is 4.01. The number of hydrogen-bond donors (Lipinski definition) is 1. The van der Waals surface area contributed by atoms with Gasteiger partial charge < -0.3 is 4.90 Å². The molecule has 0 saturated carbocycles. The van der Waals surface area contributed by atoms with Crippen molar-refractivity contribution in [2.24, 2.45) is 0 Å². The summed E-state index contributed by atoms with van der Waals surface area (Å²) in [6.07, 6.45) is 6.50. The van der Waals surface area contributed by atoms with Crippen LogP contribution < -0.4 is 0 Å². The molecule has 0 fully saturated rings. The average molecular weight is 360 g/mol. The molecule has 0 saturated heterocycles. The van der Waals surface area contributed by atoms with E-state index >= 15 is 0 Å². The number of hydrogen-bond acceptors (Lipinski definition) is 4. The number of H-pyrrole nitrogens is 1. The van der Waals surface area contributed by atoms with Gasteiger partial charge in [-0.25, -0.2) is 9.37 Å². The van der Waals surface area contributed by atoms with E-state index in [1.54, 1.807) is 18.2 Å². The number of carbonyl (C=O) groups excluding carboxylic acids is 1. The van der Waals surface area contributed by atoms with Crippen molar-refractivity contribution in [3.8, 4) is 11.4 Å². The van der Waals surface area contributed by atoms with Crippen molar-refractivity contribution in [3.63, 3.8) is 0 Å². The summed E-state index contributed by atoms with van der Waals surface area (Å²) in [6.45, 7) is 2.65. The quantitative estimate of drug-likeness (QED) is 0.791. The third kappa shape index (κ3) is 4.28. The number of carbonyl (C=O) groups is 1. The SMILES string of the molecule is CCN(C(=O)CSc1n[nH]c(-c2ccccc2F)n1)C1=CCCCC1. The summed E-state index contributed by atoms with van der Waals surface area (Å²) < 4.78 is 13.8. The van der Waals surface area contributed by atoms with Gasteiger partial charge in [0, 0.05) is 12.2 Å². The van der Waals surface area contributed by atoms with E-state index in [1.165, 1.54) is 24.2 Å². The van der Waals surface area contributed by atoms with E-state index in [0.29, 0.717) is 23.1 Å². The summed E-state index contributed by atoms with van der Waals surface area (Å²) >= 11 is 1.26. The second kappa shape index (κ2) is 8.29. The number of benzene rings is 1. The average Bonchev–Trinajstić information content (AvgIpc) is 3.11. The van der Waals surface area contributed by atoms with Crippen LogP contribution in [0.1, 0.15) is 32.6 Å². The zero-order valence-corrected chi connectivity index (χ0v) is 15.0. The lowest BCUT2D eigenvalue weighted by Gasteiger charge is -2.26. The van der Waals surface area contributed by atoms with Gasteiger partial charge in [-0.15, -0.1) is 5.10 Å². The van der Waals surface area contributed by atoms with Gasteiger partial charge in [0.2, 0.25) is 11.1 Å². The van der Waals surface area contributed by atoms with Gasteiger partial charge in [-0.3, -0.25) is 9.89 Å². The minimum atomic E-state index is -0.354. The molecule has 1 N–H and O–H groups in total. The monoisotopic (exact) mass is 360 g/mol. The van der Waals surface area contributed by atoms with Gasteiger partial charge >= 0.3 is 0 Å². The molecule has 7 heteroatoms. The Morgan fingerprint density at radius 3 is 2.92 bits per heavy atom. The molecule has 0 radical (unpaired) electrons. The maximum Gasteiger partial charge on any atom is 0.237 e. The number of halogens is 1. The standard InChI is InChI=1S/C18H21FN4OS/c1-2-23(13-8-4-3-5-9-13)16(24)12-25-18-20-17(21-22-18)14-10-6-7-11-15(14)19/h6-8,10-11H,2-5,9,12H2,1H3,(H,20,21,22). The molecule has 25 heavy (non-hydrogen) atoms. The van der Waals surface area contributed by atoms with Crippen LogP contribution >= 0.6 is 11.8 Å². The maximum absolute atomic E-state index is 13.8. The fourth-order valence-corrected chi connectivity index (χ4v) is 3.57. The molecule has 1 heterocycles. The van der Waals surface area contributed by atoms with Gasteiger partial charge in [-0.2, -0.15) is 0 Å². The summed E-state index contributed by atoms with van der Waals surface area (Å²) in [7, 11) is 0. The van der Waals surface area contributed by atoms with Gasteiger partial charge in [0.1, 0.15) is 5.82 Å². The van der Waals surface area contributed by atoms with Crippen molar-refractivity contribution in [2.75, 3.05) is 12.3 Å². The van der Waals surface area contributed by atoms with Gasteiger partial charge in [0.15, 0.2) is 5.82 Å². The summed E-state index contributed by atoms with van der Waals surface area (Å²) in [5.74, 6) is 0.334. The van der Waals surface area contributed by atoms with E-state index < -0.39 is 0 Å². The first-order valence-electron chi connectivity index (χ1n) is 8.48. The first-order valence-corrected chi connectivity index (χ1v) is 9.47. The zero-order valence-electron chi connectivity index (χ0n) is 14.2. The molecule has 0 aliphatic heterocycles. The highest BCUT2D eigenvalue weighted by Gasteiger charge is 2.19. The molecular weight excluding hydrogens is 339 g/mol. The van der Waals surface area contributed by atoms with E-state index in [4.69, 9.17) is 0 Å². The third-order valence-electron chi connectivity index (χ3n) is 4.15. The molecule has 3 rings (SSSR count). The molecular formula is C18H21FN4OS. The number of allylic oxidation sites excluding steroid dienone is 2. The molecule has 0 spiro atoms. The summed E-state index contributed by atoms with van der Waals surface area (Å²) in [4.78, 5) is 18.6. The Kier molecular flexibility index (Phi) is 5.86. The fourth-order valence-electron chi connectivity index (χ4n) is 2.89. The topological polar surface area (TPSA) is 61.9 Å². The highest BCUT2D eigenvalue weighted by atomic mass is 32.2. The van der Waals surface area contributed by atoms with Crippen LogP contribution in [0.3, 0.4) is 0 Å². The van der Waals surface area contributed by atoms with Crippen LogP contribution in [-0.2, 0) is 4.79 Å². The Balaban J connectivity index is 1.62. The second-order valence-corrected chi connectivity index (χ2v) is 6.76. The van der Waals surface area contributed by atoms with E-state index in [0.717, 1.165) is 25.0 Å². The van der Waals surface area contributed by atoms with Gasteiger partial charge in [-0.05, 0) is 44.7 Å². The summed E-state index contributed by atoms with van der Waals surface area (Å²) in [6, 6.07) is 6.39. The Bertz CT molecular complexity index is 774. The Labute approximate surface area is 150 Å². The Hall–Kier alpha value is -2.15. The number of aromatic amines is 1. The first-order chi connectivity index (χ1) is 12.2. The minimum absolute atomic E-state index is 0.0536. The predicted molar refractivity (Wildman–Crippen MR) is 96.4 cm³/mol. The smallest absolute Gasteiger partial charge is 0.237 e. The van der Waals surface area contributed by atoms with Crippen molar-refractivity contribution in [1.82, 2.24) is 20.1 Å². The molecule has 1 aliphatic rings. The number of nitrogens with zero attached hydrogens (tertiary/aromatic N) is 3. The molecule has 0 bridgehead atoms. The highest BCUT2D eigenvalue weighted by Crippen LogP contribution is 2.24. The highest BCUT2D eigenvalue weighted by molar-refractivity contribution is 7.99. The van der Waals surface area contributed by atoms with E-state index in [-0.39, 0.29) is 17.5 Å². The third-order valence-corrected chi connectivity index (χ3v) is 4.98. The second-order valence-electron chi connectivity index (χ2n) is 5.81. The molecule has 1 aliphatic carbocycles. The van der Waals surface area contributed by atoms with Crippen molar-refractivity contribution in [3.05, 3.63) is 41.9 Å². The van der Waals surface area contributed by atoms with Crippen molar-refractivity contribution in [2.45, 2.75) is 37.8 Å². The van der Waals surface area contributed by atoms with Gasteiger partial charge in [0.05, 0.1) is 11.3 Å². The van der Waals surface area contributed by atoms with Crippen molar-refractivity contribution in [1.29, 1.82) is 0 Å². The van der Waals surface area contributed by atoms with E-state index in [2.05, 4.69) is 21.3 Å². The minimum Gasteiger partial charge on any atom is -0.316 e. The number of thioether (sulfide) groups is 1. The zero-order chi connectivity index (χ0) is 17.6. The van der Waals surface area contributed by atoms with Crippen molar-refractivity contribution < 1.29 is 9.18 Å². The molecule has 1 aromatic carbocycles. The van der Waals surface area contributed by atoms with Crippen LogP contribution in [0.15, 0.2) is 41.2 Å². The molecule has 1 aromatic heterocycles. The normalized spacial score (nSPS) is 14.2. The van der Waals surface area contributed by atoms with Crippen LogP contribution in [0.25, 0.3) is 11.4 Å². The largest absolute Gasteiger partial charge is 0.316 e. The molecule has 5 nitrogen and oxygen atoms in total. The lowest BCUT2D eigenvalue weighted by Crippen LogP contribution is -2.32. The van der Waals surface area contributed by atoms with Crippen LogP contribution in [0.2, 0.25) is 0 Å². The first kappa shape index (κ1) is 17.7. The number of amides is 1. The maximum atomic E-state index is 13.8. The molecule has 0 unspecified atom stereocenters. The number of rotatable bonds is 6. The Morgan fingerprint density at radius 1 is 1.36 bits per heavy atom. The van der Waals surface area contributed by atoms with Gasteiger partial charge in [0.25, 0.3) is 0 Å². The molecule has 1 amide bonds.